The number of H-pyrrole nitrogens is 5. The highest BCUT2D eigenvalue weighted by Crippen LogP contribution is 2.40. The van der Waals surface area contributed by atoms with Crippen molar-refractivity contribution in [2.24, 2.45) is 5.92 Å². The molecule has 0 spiro atoms. The summed E-state index contributed by atoms with van der Waals surface area (Å²) in [5, 5.41) is 57.1. The summed E-state index contributed by atoms with van der Waals surface area (Å²) in [6.45, 7) is 3.19. The van der Waals surface area contributed by atoms with Gasteiger partial charge in [0.15, 0.2) is 57.8 Å². The zero-order chi connectivity index (χ0) is 102. The third-order valence-corrected chi connectivity index (χ3v) is 22.4. The molecule has 0 radical (unpaired) electrons. The molecule has 18 rings (SSSR count). The maximum absolute atomic E-state index is 13.7. The van der Waals surface area contributed by atoms with Gasteiger partial charge in [-0.25, -0.2) is 31.5 Å². The van der Waals surface area contributed by atoms with Crippen LogP contribution in [-0.2, 0) is 17.8 Å². The van der Waals surface area contributed by atoms with Crippen molar-refractivity contribution < 1.29 is 108 Å². The van der Waals surface area contributed by atoms with Crippen LogP contribution in [0.3, 0.4) is 0 Å². The summed E-state index contributed by atoms with van der Waals surface area (Å²) in [4.78, 5) is 69.9. The summed E-state index contributed by atoms with van der Waals surface area (Å²) in [7, 11) is 14.5. The zero-order valence-electron chi connectivity index (χ0n) is 79.4. The first-order valence-electron chi connectivity index (χ1n) is 44.3. The fourth-order valence-corrected chi connectivity index (χ4v) is 15.1. The quantitative estimate of drug-likeness (QED) is 0.0140. The molecule has 0 saturated heterocycles. The molecule has 1 saturated carbocycles. The van der Waals surface area contributed by atoms with Gasteiger partial charge in [-0.3, -0.25) is 49.8 Å². The number of nitrogens with zero attached hydrogens (tertiary/aromatic N) is 7. The number of aromatic amines is 5. The van der Waals surface area contributed by atoms with E-state index in [1.165, 1.54) is 120 Å². The summed E-state index contributed by atoms with van der Waals surface area (Å²) < 4.78 is 131. The molecule has 17 aromatic rings. The molecule has 738 valence electrons. The van der Waals surface area contributed by atoms with Crippen LogP contribution in [0.4, 0.5) is 22.0 Å². The van der Waals surface area contributed by atoms with Gasteiger partial charge in [-0.2, -0.15) is 25.5 Å². The van der Waals surface area contributed by atoms with Crippen LogP contribution < -0.4 is 63.3 Å². The highest BCUT2D eigenvalue weighted by Gasteiger charge is 2.28. The van der Waals surface area contributed by atoms with Crippen LogP contribution in [-0.4, -0.2) is 180 Å². The summed E-state index contributed by atoms with van der Waals surface area (Å²) in [5.41, 5.74) is 12.4. The first kappa shape index (κ1) is 102. The Balaban J connectivity index is 0.000000143. The Morgan fingerprint density at radius 2 is 0.681 bits per heavy atom. The molecule has 3 amide bonds. The molecule has 33 nitrogen and oxygen atoms in total. The molecule has 0 atom stereocenters. The highest BCUT2D eigenvalue weighted by molar-refractivity contribution is 6.09. The summed E-state index contributed by atoms with van der Waals surface area (Å²) in [5.74, 6) is -0.557. The van der Waals surface area contributed by atoms with E-state index in [1.807, 2.05) is 12.2 Å². The molecule has 1 fully saturated rings. The van der Waals surface area contributed by atoms with Crippen molar-refractivity contribution in [2.45, 2.75) is 32.9 Å². The van der Waals surface area contributed by atoms with Crippen molar-refractivity contribution in [1.82, 2.24) is 76.9 Å². The molecule has 0 aliphatic heterocycles. The number of halogens is 5. The number of carboxylic acid groups (broad SMARTS) is 1. The average molecular weight is 1960 g/mol. The van der Waals surface area contributed by atoms with E-state index in [2.05, 4.69) is 76.9 Å². The fraction of sp³-hybridized carbons (Fsp3) is 0.170. The second-order valence-corrected chi connectivity index (χ2v) is 31.3. The minimum Gasteiger partial charge on any atom is -0.495 e. The number of benzene rings is 10. The number of methoxy groups -OCH3 is 10. The molecule has 1 aliphatic rings. The van der Waals surface area contributed by atoms with Crippen molar-refractivity contribution in [2.75, 3.05) is 84.2 Å². The number of carboxylic acids is 1. The van der Waals surface area contributed by atoms with E-state index in [0.717, 1.165) is 27.6 Å². The number of hydrogen-bond acceptors (Lipinski definition) is 24. The third kappa shape index (κ3) is 24.1. The standard InChI is InChI=1S/C23H20FN5O3.C23H20FN3O4.C22H22FN3O3.C20H19FN2O4.C18H15FN2O4/c1-31-20-11-14(3-6-17(20)24)4-7-18-21-19(29-28-18)8-5-16(22(21)32-2)23(30)27-13-15-12-25-9-10-26-15;1-29-20-12-14(5-8-17(20)24)6-9-18-21-19(27-26-18)10-7-16(22(21)30-2)23(28)25-13-15-4-3-11-31-15;1-28-19-11-13(5-8-16(19)23)6-9-17-20-18(26-25-17)10-7-15(21(20)29-2)22(27)24-12-14-3-4-14;1-4-27-20(24)13-7-10-16-18(19(13)26-3)15(22-23-16)9-6-12-5-8-14(21)17(11-12)25-2;1-24-15-9-10(3-6-12(15)19)4-7-13-16-14(21-20-13)8-5-11(18(22)23)17(16)25-2/h3-12H,13H2,1-2H3,(H,27,30)(H,28,29);3-12H,13H2,1-2H3,(H,25,28)(H,26,27);5-11,14H,3-4,12H2,1-2H3,(H,24,27)(H,25,26);5-11H,4H2,1-3H3,(H,22,23);3-9H,1-2H3,(H,20,21)(H,22,23)/b7-4+;3*9-6+;7-4+. The SMILES string of the molecule is CCOC(=O)c1ccc2n[nH]c(/C=C/c3ccc(F)c(OC)c3)c2c1OC.COc1cc(/C=C/c2[nH]nc3ccc(C(=O)NCC4CC4)c(OC)c23)ccc1F.COc1cc(/C=C/c2[nH]nc3ccc(C(=O)NCc4ccco4)c(OC)c23)ccc1F.COc1cc(/C=C/c2[nH]nc3ccc(C(=O)NCc4cnccn4)c(OC)c23)ccc1F.COc1cc(/C=C/c2[nH]nc3ccc(C(=O)O)c(OC)c23)ccc1F. The van der Waals surface area contributed by atoms with E-state index in [1.54, 1.807) is 208 Å². The predicted molar refractivity (Wildman–Crippen MR) is 534 cm³/mol. The van der Waals surface area contributed by atoms with Gasteiger partial charge in [-0.15, -0.1) is 0 Å². The number of aromatic nitrogens is 12. The first-order chi connectivity index (χ1) is 69.9. The smallest absolute Gasteiger partial charge is 0.341 e. The van der Waals surface area contributed by atoms with Gasteiger partial charge >= 0.3 is 11.9 Å². The van der Waals surface area contributed by atoms with E-state index < -0.39 is 41.0 Å². The van der Waals surface area contributed by atoms with Gasteiger partial charge in [-0.05, 0) is 217 Å². The Morgan fingerprint density at radius 1 is 0.375 bits per heavy atom. The molecular formula is C106H96F5N15O18. The van der Waals surface area contributed by atoms with Gasteiger partial charge in [0, 0.05) is 18.9 Å². The number of nitrogens with one attached hydrogen (secondary N) is 8. The van der Waals surface area contributed by atoms with Crippen LogP contribution in [0.1, 0.15) is 139 Å². The maximum Gasteiger partial charge on any atom is 0.341 e. The zero-order valence-corrected chi connectivity index (χ0v) is 79.4. The molecule has 38 heteroatoms. The minimum atomic E-state index is -1.09. The van der Waals surface area contributed by atoms with E-state index in [4.69, 9.17) is 56.5 Å². The topological polar surface area (TPSA) is 426 Å². The number of furan rings is 1. The maximum atomic E-state index is 13.7. The van der Waals surface area contributed by atoms with Gasteiger partial charge in [0.25, 0.3) is 17.7 Å². The second kappa shape index (κ2) is 47.8. The Kier molecular flexibility index (Phi) is 33.7. The lowest BCUT2D eigenvalue weighted by Gasteiger charge is -2.10. The Hall–Kier alpha value is -18.4. The molecule has 7 aromatic heterocycles. The van der Waals surface area contributed by atoms with Crippen molar-refractivity contribution in [3.63, 3.8) is 0 Å². The number of amides is 3. The fourth-order valence-electron chi connectivity index (χ4n) is 15.1. The van der Waals surface area contributed by atoms with Gasteiger partial charge in [0.1, 0.15) is 45.6 Å². The average Bonchev–Trinajstić information content (AvgIpc) is 1.63. The van der Waals surface area contributed by atoms with E-state index in [0.29, 0.717) is 152 Å². The number of aromatic carboxylic acids is 1. The lowest BCUT2D eigenvalue weighted by molar-refractivity contribution is 0.0521. The van der Waals surface area contributed by atoms with Crippen LogP contribution in [0.25, 0.3) is 115 Å². The number of ether oxygens (including phenoxy) is 11. The van der Waals surface area contributed by atoms with Crippen LogP contribution in [0.15, 0.2) is 193 Å². The van der Waals surface area contributed by atoms with Crippen LogP contribution in [0, 0.1) is 35.0 Å². The largest absolute Gasteiger partial charge is 0.495 e. The number of carbonyl (C=O) groups is 5. The molecule has 1 aliphatic carbocycles. The molecular weight excluding hydrogens is 1870 g/mol. The first-order valence-corrected chi connectivity index (χ1v) is 44.3. The summed E-state index contributed by atoms with van der Waals surface area (Å²) in [6.07, 6.45) is 26.4. The highest BCUT2D eigenvalue weighted by atomic mass is 19.1. The predicted octanol–water partition coefficient (Wildman–Crippen LogP) is 19.7. The summed E-state index contributed by atoms with van der Waals surface area (Å²) in [6, 6.07) is 43.0. The Bertz CT molecular complexity index is 7680. The molecule has 7 heterocycles. The molecule has 10 aromatic carbocycles. The number of carbonyl (C=O) groups excluding carboxylic acids is 4. The van der Waals surface area contributed by atoms with Crippen molar-refractivity contribution in [1.29, 1.82) is 0 Å². The minimum absolute atomic E-state index is 0.0505. The lowest BCUT2D eigenvalue weighted by atomic mass is 10.1. The normalized spacial score (nSPS) is 11.7. The molecule has 0 bridgehead atoms. The second-order valence-electron chi connectivity index (χ2n) is 31.3. The van der Waals surface area contributed by atoms with Crippen molar-refractivity contribution in [3.05, 3.63) is 313 Å². The number of fused-ring (bicyclic) bond motifs is 5. The van der Waals surface area contributed by atoms with Crippen molar-refractivity contribution in [3.8, 4) is 57.5 Å². The third-order valence-electron chi connectivity index (χ3n) is 22.4. The van der Waals surface area contributed by atoms with Gasteiger partial charge in [0.05, 0.1) is 209 Å². The number of esters is 1. The number of hydrogen-bond donors (Lipinski definition) is 9. The van der Waals surface area contributed by atoms with Crippen LogP contribution >= 0.6 is 0 Å². The van der Waals surface area contributed by atoms with E-state index in [-0.39, 0.29) is 77.5 Å². The Labute approximate surface area is 819 Å². The molecule has 0 unspecified atom stereocenters. The summed E-state index contributed by atoms with van der Waals surface area (Å²) >= 11 is 0. The Morgan fingerprint density at radius 3 is 0.965 bits per heavy atom. The van der Waals surface area contributed by atoms with Gasteiger partial charge in [-0.1, -0.05) is 60.7 Å². The number of rotatable bonds is 32. The van der Waals surface area contributed by atoms with E-state index in [9.17, 15) is 51.0 Å². The van der Waals surface area contributed by atoms with Crippen LogP contribution in [0.5, 0.6) is 57.5 Å². The van der Waals surface area contributed by atoms with Crippen LogP contribution in [0.2, 0.25) is 0 Å². The molecule has 144 heavy (non-hydrogen) atoms. The van der Waals surface area contributed by atoms with Crippen molar-refractivity contribution >= 4 is 145 Å². The van der Waals surface area contributed by atoms with E-state index >= 15 is 0 Å². The van der Waals surface area contributed by atoms with Gasteiger partial charge < -0.3 is 77.6 Å². The van der Waals surface area contributed by atoms with Gasteiger partial charge in [0.2, 0.25) is 0 Å². The molecule has 9 N–H and O–H groups in total. The monoisotopic (exact) mass is 1960 g/mol. The lowest BCUT2D eigenvalue weighted by Crippen LogP contribution is -2.26.